The van der Waals surface area contributed by atoms with Crippen molar-refractivity contribution in [2.45, 2.75) is 20.0 Å². The number of para-hydroxylation sites is 1. The van der Waals surface area contributed by atoms with Crippen LogP contribution < -0.4 is 10.1 Å². The largest absolute Gasteiger partial charge is 0.481 e. The molecule has 0 spiro atoms. The highest BCUT2D eigenvalue weighted by atomic mass is 16.5. The lowest BCUT2D eigenvalue weighted by Crippen LogP contribution is -2.30. The smallest absolute Gasteiger partial charge is 0.340 e. The summed E-state index contributed by atoms with van der Waals surface area (Å²) < 4.78 is 10.8. The van der Waals surface area contributed by atoms with E-state index in [0.717, 1.165) is 10.8 Å². The van der Waals surface area contributed by atoms with Crippen molar-refractivity contribution in [3.05, 3.63) is 72.3 Å². The first kappa shape index (κ1) is 18.5. The second-order valence-corrected chi connectivity index (χ2v) is 6.02. The number of ether oxygens (including phenoxy) is 2. The molecule has 3 rings (SSSR count). The van der Waals surface area contributed by atoms with Crippen molar-refractivity contribution in [2.24, 2.45) is 0 Å². The number of esters is 1. The molecule has 3 aromatic rings. The van der Waals surface area contributed by atoms with Gasteiger partial charge < -0.3 is 14.8 Å². The molecule has 0 unspecified atom stereocenters. The molecule has 1 atom stereocenters. The number of rotatable bonds is 6. The maximum atomic E-state index is 12.5. The quantitative estimate of drug-likeness (QED) is 0.658. The molecule has 5 nitrogen and oxygen atoms in total. The first-order valence-electron chi connectivity index (χ1n) is 8.81. The van der Waals surface area contributed by atoms with Crippen LogP contribution >= 0.6 is 0 Å². The number of carbonyl (C=O) groups is 2. The molecular formula is C22H21NO4. The van der Waals surface area contributed by atoms with Gasteiger partial charge in [0.1, 0.15) is 5.75 Å². The van der Waals surface area contributed by atoms with Crippen LogP contribution in [0.3, 0.4) is 0 Å². The van der Waals surface area contributed by atoms with Gasteiger partial charge in [-0.2, -0.15) is 0 Å². The third-order valence-electron chi connectivity index (χ3n) is 4.08. The number of hydrogen-bond acceptors (Lipinski definition) is 4. The Hall–Kier alpha value is -3.34. The van der Waals surface area contributed by atoms with E-state index in [0.29, 0.717) is 17.0 Å². The number of nitrogens with one attached hydrogen (secondary N) is 1. The van der Waals surface area contributed by atoms with Crippen molar-refractivity contribution in [3.63, 3.8) is 0 Å². The summed E-state index contributed by atoms with van der Waals surface area (Å²) in [7, 11) is 0. The molecule has 0 saturated carbocycles. The van der Waals surface area contributed by atoms with E-state index in [2.05, 4.69) is 5.32 Å². The number of amides is 1. The molecule has 5 heteroatoms. The van der Waals surface area contributed by atoms with E-state index in [-0.39, 0.29) is 12.5 Å². The molecule has 0 aliphatic carbocycles. The number of hydrogen-bond donors (Lipinski definition) is 1. The van der Waals surface area contributed by atoms with Crippen molar-refractivity contribution in [2.75, 3.05) is 11.9 Å². The Bertz CT molecular complexity index is 967. The number of fused-ring (bicyclic) bond motifs is 1. The summed E-state index contributed by atoms with van der Waals surface area (Å²) in [6.45, 7) is 3.67. The van der Waals surface area contributed by atoms with Gasteiger partial charge in [0, 0.05) is 0 Å². The Labute approximate surface area is 157 Å². The van der Waals surface area contributed by atoms with Gasteiger partial charge in [0.2, 0.25) is 0 Å². The summed E-state index contributed by atoms with van der Waals surface area (Å²) in [5.41, 5.74) is 0.709. The lowest BCUT2D eigenvalue weighted by atomic mass is 10.1. The van der Waals surface area contributed by atoms with Crippen LogP contribution in [0, 0.1) is 0 Å². The first-order valence-corrected chi connectivity index (χ1v) is 8.81. The summed E-state index contributed by atoms with van der Waals surface area (Å²) in [6.07, 6.45) is -0.735. The molecule has 1 amide bonds. The summed E-state index contributed by atoms with van der Waals surface area (Å²) in [6, 6.07) is 20.3. The lowest BCUT2D eigenvalue weighted by Gasteiger charge is -2.16. The molecule has 0 saturated heterocycles. The predicted molar refractivity (Wildman–Crippen MR) is 105 cm³/mol. The van der Waals surface area contributed by atoms with Crippen molar-refractivity contribution in [1.29, 1.82) is 0 Å². The number of anilines is 1. The van der Waals surface area contributed by atoms with Gasteiger partial charge in [-0.15, -0.1) is 0 Å². The highest BCUT2D eigenvalue weighted by Gasteiger charge is 2.19. The molecule has 0 aromatic heterocycles. The van der Waals surface area contributed by atoms with Crippen molar-refractivity contribution < 1.29 is 19.1 Å². The molecule has 1 N–H and O–H groups in total. The summed E-state index contributed by atoms with van der Waals surface area (Å²) in [5, 5.41) is 4.88. The lowest BCUT2D eigenvalue weighted by molar-refractivity contribution is -0.122. The van der Waals surface area contributed by atoms with Gasteiger partial charge in [-0.25, -0.2) is 4.79 Å². The fourth-order valence-corrected chi connectivity index (χ4v) is 2.71. The molecule has 0 heterocycles. The van der Waals surface area contributed by atoms with Crippen molar-refractivity contribution in [3.8, 4) is 5.75 Å². The van der Waals surface area contributed by atoms with Crippen LogP contribution in [0.4, 0.5) is 5.69 Å². The fraction of sp³-hybridized carbons (Fsp3) is 0.182. The number of benzene rings is 3. The zero-order valence-electron chi connectivity index (χ0n) is 15.3. The zero-order valence-corrected chi connectivity index (χ0v) is 15.3. The molecule has 0 bridgehead atoms. The highest BCUT2D eigenvalue weighted by Crippen LogP contribution is 2.22. The Morgan fingerprint density at radius 1 is 0.963 bits per heavy atom. The maximum absolute atomic E-state index is 12.5. The number of carbonyl (C=O) groups excluding carboxylic acids is 2. The van der Waals surface area contributed by atoms with E-state index in [1.807, 2.05) is 42.5 Å². The topological polar surface area (TPSA) is 64.6 Å². The first-order chi connectivity index (χ1) is 13.1. The Morgan fingerprint density at radius 3 is 2.44 bits per heavy atom. The Kier molecular flexibility index (Phi) is 5.71. The molecular weight excluding hydrogens is 342 g/mol. The second kappa shape index (κ2) is 8.36. The van der Waals surface area contributed by atoms with Crippen molar-refractivity contribution in [1.82, 2.24) is 0 Å². The zero-order chi connectivity index (χ0) is 19.2. The minimum atomic E-state index is -0.735. The molecule has 138 valence electrons. The van der Waals surface area contributed by atoms with E-state index < -0.39 is 12.1 Å². The van der Waals surface area contributed by atoms with E-state index in [9.17, 15) is 9.59 Å². The van der Waals surface area contributed by atoms with Crippen LogP contribution in [0.15, 0.2) is 66.7 Å². The van der Waals surface area contributed by atoms with Gasteiger partial charge in [0.05, 0.1) is 17.9 Å². The van der Waals surface area contributed by atoms with Gasteiger partial charge in [-0.1, -0.05) is 42.5 Å². The summed E-state index contributed by atoms with van der Waals surface area (Å²) >= 11 is 0. The van der Waals surface area contributed by atoms with Crippen LogP contribution in [-0.2, 0) is 9.53 Å². The molecule has 3 aromatic carbocycles. The van der Waals surface area contributed by atoms with Gasteiger partial charge >= 0.3 is 5.97 Å². The molecule has 27 heavy (non-hydrogen) atoms. The maximum Gasteiger partial charge on any atom is 0.340 e. The van der Waals surface area contributed by atoms with E-state index in [4.69, 9.17) is 9.47 Å². The van der Waals surface area contributed by atoms with Gasteiger partial charge in [-0.3, -0.25) is 4.79 Å². The van der Waals surface area contributed by atoms with E-state index in [1.54, 1.807) is 38.1 Å². The summed E-state index contributed by atoms with van der Waals surface area (Å²) in [5.74, 6) is -0.216. The van der Waals surface area contributed by atoms with Crippen LogP contribution in [-0.4, -0.2) is 24.6 Å². The fourth-order valence-electron chi connectivity index (χ4n) is 2.71. The van der Waals surface area contributed by atoms with Crippen LogP contribution in [0.1, 0.15) is 24.2 Å². The van der Waals surface area contributed by atoms with Crippen LogP contribution in [0.5, 0.6) is 5.75 Å². The van der Waals surface area contributed by atoms with E-state index >= 15 is 0 Å². The monoisotopic (exact) mass is 363 g/mol. The molecule has 0 aliphatic rings. The van der Waals surface area contributed by atoms with Gasteiger partial charge in [0.25, 0.3) is 5.91 Å². The second-order valence-electron chi connectivity index (χ2n) is 6.02. The van der Waals surface area contributed by atoms with Crippen LogP contribution in [0.2, 0.25) is 0 Å². The average molecular weight is 363 g/mol. The predicted octanol–water partition coefficient (Wildman–Crippen LogP) is 4.42. The minimum absolute atomic E-state index is 0.266. The Balaban J connectivity index is 1.71. The van der Waals surface area contributed by atoms with E-state index in [1.165, 1.54) is 0 Å². The molecule has 0 aliphatic heterocycles. The van der Waals surface area contributed by atoms with Crippen LogP contribution in [0.25, 0.3) is 10.8 Å². The average Bonchev–Trinajstić information content (AvgIpc) is 2.68. The third-order valence-corrected chi connectivity index (χ3v) is 4.08. The highest BCUT2D eigenvalue weighted by molar-refractivity contribution is 6.02. The van der Waals surface area contributed by atoms with Gasteiger partial charge in [0.15, 0.2) is 6.10 Å². The SMILES string of the molecule is CCOC(=O)c1ccccc1NC(=O)[C@@H](C)Oc1ccc2ccccc2c1. The standard InChI is InChI=1S/C22H21NO4/c1-3-26-22(25)19-10-6-7-11-20(19)23-21(24)15(2)27-18-13-12-16-8-4-5-9-17(16)14-18/h4-15H,3H2,1-2H3,(H,23,24)/t15-/m1/s1. The Morgan fingerprint density at radius 2 is 1.67 bits per heavy atom. The summed E-state index contributed by atoms with van der Waals surface area (Å²) in [4.78, 5) is 24.6. The molecule has 0 radical (unpaired) electrons. The minimum Gasteiger partial charge on any atom is -0.481 e. The normalized spacial score (nSPS) is 11.6. The van der Waals surface area contributed by atoms with Crippen molar-refractivity contribution >= 4 is 28.3 Å². The molecule has 0 fully saturated rings. The third kappa shape index (κ3) is 4.44. The van der Waals surface area contributed by atoms with Gasteiger partial charge in [-0.05, 0) is 48.9 Å².